The van der Waals surface area contributed by atoms with Gasteiger partial charge in [0, 0.05) is 30.4 Å². The van der Waals surface area contributed by atoms with Crippen molar-refractivity contribution < 1.29 is 8.96 Å². The van der Waals surface area contributed by atoms with Crippen molar-refractivity contribution in [3.63, 3.8) is 0 Å². The Labute approximate surface area is 198 Å². The number of rotatable bonds is 6. The second kappa shape index (κ2) is 7.26. The van der Waals surface area contributed by atoms with Gasteiger partial charge >= 0.3 is 0 Å². The van der Waals surface area contributed by atoms with Gasteiger partial charge in [0.25, 0.3) is 0 Å². The Morgan fingerprint density at radius 3 is 2.39 bits per heavy atom. The maximum atomic E-state index is 15.8. The van der Waals surface area contributed by atoms with Gasteiger partial charge in [0.2, 0.25) is 5.69 Å². The van der Waals surface area contributed by atoms with Gasteiger partial charge in [-0.05, 0) is 47.4 Å². The zero-order valence-corrected chi connectivity index (χ0v) is 21.1. The fourth-order valence-corrected chi connectivity index (χ4v) is 7.12. The Morgan fingerprint density at radius 1 is 1.00 bits per heavy atom. The third-order valence-electron chi connectivity index (χ3n) is 9.19. The van der Waals surface area contributed by atoms with E-state index in [2.05, 4.69) is 83.2 Å². The lowest BCUT2D eigenvalue weighted by Crippen LogP contribution is -2.68. The molecule has 2 aliphatic rings. The Hall–Kier alpha value is -2.48. The van der Waals surface area contributed by atoms with E-state index in [1.807, 2.05) is 6.07 Å². The normalized spacial score (nSPS) is 24.2. The smallest absolute Gasteiger partial charge is 0.207 e. The van der Waals surface area contributed by atoms with Crippen LogP contribution in [0, 0.1) is 5.82 Å². The number of nitrogens with zero attached hydrogens (tertiary/aromatic N) is 1. The minimum atomic E-state index is -0.414. The van der Waals surface area contributed by atoms with E-state index in [0.717, 1.165) is 30.4 Å². The zero-order chi connectivity index (χ0) is 23.8. The summed E-state index contributed by atoms with van der Waals surface area (Å²) in [6.45, 7) is 17.9. The lowest BCUT2D eigenvalue weighted by molar-refractivity contribution is -0.762. The highest BCUT2D eigenvalue weighted by Crippen LogP contribution is 2.58. The summed E-state index contributed by atoms with van der Waals surface area (Å²) in [5.41, 5.74) is 6.15. The van der Waals surface area contributed by atoms with Gasteiger partial charge in [-0.3, -0.25) is 0 Å². The van der Waals surface area contributed by atoms with Crippen LogP contribution in [0.3, 0.4) is 0 Å². The van der Waals surface area contributed by atoms with Crippen molar-refractivity contribution >= 4 is 10.8 Å². The van der Waals surface area contributed by atoms with Crippen molar-refractivity contribution in [1.29, 1.82) is 0 Å². The average molecular weight is 443 g/mol. The summed E-state index contributed by atoms with van der Waals surface area (Å²) in [5.74, 6) is -0.0962. The molecule has 0 spiro atoms. The average Bonchev–Trinajstić information content (AvgIpc) is 2.81. The molecule has 33 heavy (non-hydrogen) atoms. The number of hydrogen-bond acceptors (Lipinski definition) is 0. The van der Waals surface area contributed by atoms with Crippen LogP contribution in [0.15, 0.2) is 49.2 Å². The predicted octanol–water partition coefficient (Wildman–Crippen LogP) is 7.89. The monoisotopic (exact) mass is 442 g/mol. The van der Waals surface area contributed by atoms with E-state index in [4.69, 9.17) is 0 Å². The Kier molecular flexibility index (Phi) is 4.91. The van der Waals surface area contributed by atoms with Crippen LogP contribution in [0.25, 0.3) is 22.0 Å². The Bertz CT molecular complexity index is 1300. The standard InChI is InChI=1S/C31H37FN/c1-8-12-13-20-18-21-16-17-33-28-25(21)23(19-20)29(5,6)27-24(32)15-14-22(26(27)28)31(10-3,11-4)30(33,7)9-2/h10,14-19H,3,8-9,11-13H2,1-2,4-7H3/q+1. The molecular formula is C31H37FN+. The highest BCUT2D eigenvalue weighted by Gasteiger charge is 2.60. The van der Waals surface area contributed by atoms with E-state index < -0.39 is 5.41 Å². The van der Waals surface area contributed by atoms with Gasteiger partial charge < -0.3 is 0 Å². The molecule has 0 amide bonds. The highest BCUT2D eigenvalue weighted by molar-refractivity contribution is 6.01. The van der Waals surface area contributed by atoms with E-state index in [0.29, 0.717) is 0 Å². The first-order valence-electron chi connectivity index (χ1n) is 12.7. The molecule has 0 fully saturated rings. The van der Waals surface area contributed by atoms with Gasteiger partial charge in [0.05, 0.1) is 16.4 Å². The van der Waals surface area contributed by atoms with Crippen LogP contribution in [0.5, 0.6) is 0 Å². The maximum absolute atomic E-state index is 15.8. The predicted molar refractivity (Wildman–Crippen MR) is 136 cm³/mol. The lowest BCUT2D eigenvalue weighted by atomic mass is 9.56. The summed E-state index contributed by atoms with van der Waals surface area (Å²) < 4.78 is 18.3. The van der Waals surface area contributed by atoms with Crippen LogP contribution in [-0.4, -0.2) is 0 Å². The molecule has 2 atom stereocenters. The number of hydrogen-bond donors (Lipinski definition) is 0. The van der Waals surface area contributed by atoms with Crippen LogP contribution in [0.2, 0.25) is 0 Å². The minimum Gasteiger partial charge on any atom is -0.207 e. The van der Waals surface area contributed by atoms with Gasteiger partial charge in [-0.15, -0.1) is 6.58 Å². The molecule has 0 bridgehead atoms. The quantitative estimate of drug-likeness (QED) is 0.270. The molecule has 3 aromatic rings. The summed E-state index contributed by atoms with van der Waals surface area (Å²) in [4.78, 5) is 0. The lowest BCUT2D eigenvalue weighted by Gasteiger charge is -2.49. The van der Waals surface area contributed by atoms with Crippen molar-refractivity contribution in [3.05, 3.63) is 77.3 Å². The number of unbranched alkanes of at least 4 members (excludes halogenated alkanes) is 1. The van der Waals surface area contributed by atoms with E-state index in [-0.39, 0.29) is 16.8 Å². The fourth-order valence-electron chi connectivity index (χ4n) is 7.12. The van der Waals surface area contributed by atoms with Crippen molar-refractivity contribution in [2.75, 3.05) is 0 Å². The summed E-state index contributed by atoms with van der Waals surface area (Å²) >= 11 is 0. The van der Waals surface area contributed by atoms with Crippen LogP contribution < -0.4 is 4.57 Å². The van der Waals surface area contributed by atoms with Crippen molar-refractivity contribution in [3.8, 4) is 11.3 Å². The zero-order valence-electron chi connectivity index (χ0n) is 21.1. The minimum absolute atomic E-state index is 0.0962. The van der Waals surface area contributed by atoms with Gasteiger partial charge in [0.15, 0.2) is 11.7 Å². The topological polar surface area (TPSA) is 3.88 Å². The second-order valence-electron chi connectivity index (χ2n) is 10.9. The number of aryl methyl sites for hydroxylation is 1. The summed E-state index contributed by atoms with van der Waals surface area (Å²) in [6.07, 6.45) is 9.71. The van der Waals surface area contributed by atoms with Crippen LogP contribution >= 0.6 is 0 Å². The van der Waals surface area contributed by atoms with E-state index in [1.54, 1.807) is 6.07 Å². The third kappa shape index (κ3) is 2.56. The van der Waals surface area contributed by atoms with Crippen LogP contribution in [0.1, 0.15) is 89.5 Å². The molecule has 2 aromatic carbocycles. The number of aromatic nitrogens is 1. The second-order valence-corrected chi connectivity index (χ2v) is 10.9. The molecule has 172 valence electrons. The number of halogens is 1. The largest absolute Gasteiger partial charge is 0.221 e. The SMILES string of the molecule is C=CC1(CC)c2ccc(F)c3c2-c2c4c(cc(CCCC)cc4cc[n+]2C1(C)CC)C3(C)C. The van der Waals surface area contributed by atoms with Gasteiger partial charge in [0.1, 0.15) is 5.82 Å². The van der Waals surface area contributed by atoms with Crippen LogP contribution in [-0.2, 0) is 22.8 Å². The third-order valence-corrected chi connectivity index (χ3v) is 9.19. The molecular weight excluding hydrogens is 405 g/mol. The fraction of sp³-hybridized carbons (Fsp3) is 0.452. The van der Waals surface area contributed by atoms with Crippen molar-refractivity contribution in [1.82, 2.24) is 0 Å². The van der Waals surface area contributed by atoms with Crippen molar-refractivity contribution in [2.24, 2.45) is 0 Å². The van der Waals surface area contributed by atoms with Crippen molar-refractivity contribution in [2.45, 2.75) is 90.0 Å². The first-order chi connectivity index (χ1) is 15.7. The Morgan fingerprint density at radius 2 is 1.76 bits per heavy atom. The molecule has 0 N–H and O–H groups in total. The molecule has 1 aliphatic carbocycles. The maximum Gasteiger partial charge on any atom is 0.221 e. The highest BCUT2D eigenvalue weighted by atomic mass is 19.1. The molecule has 1 aromatic heterocycles. The summed E-state index contributed by atoms with van der Waals surface area (Å²) in [7, 11) is 0. The molecule has 0 saturated heterocycles. The molecule has 1 aliphatic heterocycles. The van der Waals surface area contributed by atoms with Gasteiger partial charge in [-0.1, -0.05) is 65.3 Å². The Balaban J connectivity index is 2.02. The van der Waals surface area contributed by atoms with E-state index >= 15 is 4.39 Å². The number of pyridine rings is 1. The van der Waals surface area contributed by atoms with E-state index in [1.165, 1.54) is 46.0 Å². The molecule has 2 heterocycles. The molecule has 1 nitrogen and oxygen atoms in total. The van der Waals surface area contributed by atoms with E-state index in [9.17, 15) is 0 Å². The molecule has 2 heteroatoms. The molecule has 0 radical (unpaired) electrons. The first-order valence-corrected chi connectivity index (χ1v) is 12.7. The van der Waals surface area contributed by atoms with Gasteiger partial charge in [-0.2, -0.15) is 4.57 Å². The van der Waals surface area contributed by atoms with Gasteiger partial charge in [-0.25, -0.2) is 4.39 Å². The summed E-state index contributed by atoms with van der Waals surface area (Å²) in [5, 5.41) is 2.58. The molecule has 0 saturated carbocycles. The molecule has 5 rings (SSSR count). The number of benzene rings is 2. The molecule has 2 unspecified atom stereocenters. The summed E-state index contributed by atoms with van der Waals surface area (Å²) in [6, 6.07) is 10.8. The number of allylic oxidation sites excluding steroid dienone is 1. The first kappa shape index (κ1) is 22.3. The van der Waals surface area contributed by atoms with Crippen LogP contribution in [0.4, 0.5) is 4.39 Å².